The van der Waals surface area contributed by atoms with Gasteiger partial charge in [0.1, 0.15) is 0 Å². The molecule has 121 heavy (non-hydrogen) atoms. The zero-order valence-corrected chi connectivity index (χ0v) is 87.8. The summed E-state index contributed by atoms with van der Waals surface area (Å²) in [6, 6.07) is 15.5. The first-order valence-corrected chi connectivity index (χ1v) is 48.8. The van der Waals surface area contributed by atoms with E-state index in [9.17, 15) is 14.4 Å². The topological polar surface area (TPSA) is 314 Å². The highest BCUT2D eigenvalue weighted by Gasteiger charge is 2.22. The van der Waals surface area contributed by atoms with Gasteiger partial charge < -0.3 is 61.2 Å². The average Bonchev–Trinajstić information content (AvgIpc) is 0.769. The number of fused-ring (bicyclic) bond motifs is 2. The smallest absolute Gasteiger partial charge is 0.278 e. The zero-order valence-electron chi connectivity index (χ0n) is 87.8. The molecule has 1 heterocycles. The van der Waals surface area contributed by atoms with Gasteiger partial charge in [-0.2, -0.15) is 0 Å². The van der Waals surface area contributed by atoms with Gasteiger partial charge in [-0.25, -0.2) is 4.98 Å². The van der Waals surface area contributed by atoms with Gasteiger partial charge in [0.15, 0.2) is 12.1 Å². The molecule has 2 aromatic carbocycles. The van der Waals surface area contributed by atoms with Gasteiger partial charge in [0.2, 0.25) is 0 Å². The van der Waals surface area contributed by atoms with Gasteiger partial charge in [-0.05, 0) is 194 Å². The van der Waals surface area contributed by atoms with Gasteiger partial charge in [-0.1, -0.05) is 350 Å². The van der Waals surface area contributed by atoms with Crippen LogP contribution in [-0.2, 0) is 9.59 Å². The monoisotopic (exact) mass is 1720 g/mol. The molecule has 0 aliphatic carbocycles. The Balaban J connectivity index is -0.000000202. The number of rotatable bonds is 38. The number of nitrogens with zero attached hydrogens (tertiary/aromatic N) is 1. The van der Waals surface area contributed by atoms with Crippen LogP contribution in [0, 0.1) is 66.0 Å². The van der Waals surface area contributed by atoms with Crippen LogP contribution in [0.25, 0.3) is 21.8 Å². The number of para-hydroxylation sites is 2. The van der Waals surface area contributed by atoms with Crippen LogP contribution in [0.15, 0.2) is 48.5 Å². The number of hydrogen-bond acceptors (Lipinski definition) is 5. The number of pyridine rings is 1. The van der Waals surface area contributed by atoms with Gasteiger partial charge in [0.25, 0.3) is 17.7 Å². The molecule has 0 aliphatic heterocycles. The summed E-state index contributed by atoms with van der Waals surface area (Å²) < 4.78 is 0. The molecule has 0 bridgehead atoms. The molecule has 0 radical (unpaired) electrons. The highest BCUT2D eigenvalue weighted by Crippen LogP contribution is 2.31. The predicted molar refractivity (Wildman–Crippen MR) is 537 cm³/mol. The van der Waals surface area contributed by atoms with Crippen molar-refractivity contribution in [3.8, 4) is 0 Å². The quantitative estimate of drug-likeness (QED) is 0.0196. The van der Waals surface area contributed by atoms with E-state index >= 15 is 0 Å². The molecule has 0 aliphatic rings. The van der Waals surface area contributed by atoms with E-state index in [4.69, 9.17) is 5.11 Å². The van der Waals surface area contributed by atoms with E-state index in [2.05, 4.69) is 303 Å². The molecule has 722 valence electrons. The number of aromatic nitrogens is 1. The largest absolute Gasteiger partial charge is 0.396 e. The molecule has 1 aromatic heterocycles. The standard InChI is InChI=1S/C22H26N2O.C14H31N3O.C12H27N3O.C10H23N.C9H20.C8H19N.C8H18O.2C8H18.C6H15N.CH4/c1-22(2,3)14-8-9-15-23-21(25)20-16-10-4-6-12-18(16)24-19-13-7-5-11-17(19)20;1-14(2,3)9-5-7-11-17-13(18)12(16)8-4-6-10-15;1-12(2,3)7-9-15-11(16)10(14)6-4-5-8-13;1-10(2,3)8-6-4-5-7-9-11;1-5-6-7-8-9(2,3)4;2*1-8(2,3)6-4-5-7-9;2*1-6-7(2)8(3,4)5;1-6(2,3)4-5-7;/h4-7,10-13H,8-9,14-15H2,1-3H3,(H,23,25);12H,4-11,15-16H2,1-3H3,(H,17,18);10H,4-9,13-14H2,1-3H3,(H,15,16);4-9,11H2,1-3H3;5-8H2,1-4H3;4-7,9H2,1-3H3;9H,4-7H2,1-3H3;2*7H,6H2,1-5H3;4-5,7H2,1-3H3;1H4/p+7/t;12-;10-;;;;;;;;/m.11......../s1. The number of carbonyl (C=O) groups excluding carboxylic acids is 3. The van der Waals surface area contributed by atoms with E-state index in [0.29, 0.717) is 61.9 Å². The number of aliphatic hydroxyl groups is 1. The van der Waals surface area contributed by atoms with Crippen molar-refractivity contribution < 1.29 is 59.6 Å². The summed E-state index contributed by atoms with van der Waals surface area (Å²) in [7, 11) is 0. The minimum Gasteiger partial charge on any atom is -0.396 e. The number of benzene rings is 2. The van der Waals surface area contributed by atoms with Crippen LogP contribution in [-0.4, -0.2) is 98.9 Å². The van der Waals surface area contributed by atoms with Crippen molar-refractivity contribution in [1.29, 1.82) is 0 Å². The molecule has 0 fully saturated rings. The van der Waals surface area contributed by atoms with Gasteiger partial charge in [-0.3, -0.25) is 14.4 Å². The number of carbonyl (C=O) groups is 3. The van der Waals surface area contributed by atoms with Crippen LogP contribution in [0.2, 0.25) is 0 Å². The Morgan fingerprint density at radius 2 is 0.612 bits per heavy atom. The fourth-order valence-electron chi connectivity index (χ4n) is 11.8. The number of hydrogen-bond donors (Lipinski definition) is 11. The maximum atomic E-state index is 12.9. The summed E-state index contributed by atoms with van der Waals surface area (Å²) in [5.41, 5.74) is 33.8. The third kappa shape index (κ3) is 99.8. The lowest BCUT2D eigenvalue weighted by molar-refractivity contribution is -0.406. The summed E-state index contributed by atoms with van der Waals surface area (Å²) in [6.07, 6.45) is 37.2. The number of aliphatic hydroxyl groups excluding tert-OH is 1. The molecule has 3 aromatic rings. The second kappa shape index (κ2) is 74.2. The van der Waals surface area contributed by atoms with Crippen molar-refractivity contribution >= 4 is 39.5 Å². The normalized spacial score (nSPS) is 12.8. The molecular weight excluding hydrogens is 1490 g/mol. The molecular formula is C106H226N11O4+7. The maximum Gasteiger partial charge on any atom is 0.278 e. The van der Waals surface area contributed by atoms with Crippen LogP contribution in [0.5, 0.6) is 0 Å². The van der Waals surface area contributed by atoms with Crippen LogP contribution in [0.4, 0.5) is 0 Å². The van der Waals surface area contributed by atoms with Gasteiger partial charge >= 0.3 is 0 Å². The van der Waals surface area contributed by atoms with E-state index in [1.807, 2.05) is 48.5 Å². The summed E-state index contributed by atoms with van der Waals surface area (Å²) in [5, 5.41) is 19.3. The number of unbranched alkanes of at least 4 members (excludes halogenated alkanes) is 11. The van der Waals surface area contributed by atoms with Crippen molar-refractivity contribution in [2.45, 2.75) is 461 Å². The van der Waals surface area contributed by atoms with E-state index in [1.54, 1.807) is 0 Å². The minimum absolute atomic E-state index is 0. The third-order valence-corrected chi connectivity index (χ3v) is 21.5. The van der Waals surface area contributed by atoms with Crippen LogP contribution in [0.3, 0.4) is 0 Å². The Labute approximate surface area is 755 Å². The lowest BCUT2D eigenvalue weighted by atomic mass is 9.81. The molecule has 0 saturated heterocycles. The molecule has 15 nitrogen and oxygen atoms in total. The first-order valence-electron chi connectivity index (χ1n) is 48.8. The zero-order chi connectivity index (χ0) is 94.7. The SMILES string of the molecule is C.CC(C)(C)CCCCCC[NH3+].CC(C)(C)CCCCNC(=O)[C@H]([NH3+])CCCC[NH3+].CC(C)(C)CCCCNC(=O)c1c2ccccc2nc2ccccc12.CC(C)(C)CCCCO.CC(C)(C)CCCC[NH3+].CC(C)(C)CCNC(=O)[C@H]([NH3+])CCCC[NH3+].CC(C)(C)CC[NH3+].CCC(C)C(C)(C)C.CCC(C)C(C)(C)C.CCCCCC(C)(C)C. The van der Waals surface area contributed by atoms with Crippen molar-refractivity contribution in [3.63, 3.8) is 0 Å². The molecule has 4 atom stereocenters. The number of nitrogens with one attached hydrogen (secondary N) is 3. The fourth-order valence-corrected chi connectivity index (χ4v) is 11.8. The van der Waals surface area contributed by atoms with E-state index in [1.165, 1.54) is 122 Å². The first-order chi connectivity index (χ1) is 55.0. The molecule has 3 rings (SSSR count). The summed E-state index contributed by atoms with van der Waals surface area (Å²) in [4.78, 5) is 40.9. The summed E-state index contributed by atoms with van der Waals surface area (Å²) in [5.74, 6) is 1.89. The van der Waals surface area contributed by atoms with Gasteiger partial charge in [0, 0.05) is 56.3 Å². The summed E-state index contributed by atoms with van der Waals surface area (Å²) in [6.45, 7) is 87.0. The Morgan fingerprint density at radius 3 is 0.893 bits per heavy atom. The molecule has 15 heteroatoms. The minimum atomic E-state index is -0.105. The van der Waals surface area contributed by atoms with Crippen LogP contribution >= 0.6 is 0 Å². The Kier molecular flexibility index (Phi) is 81.3. The Morgan fingerprint density at radius 1 is 0.339 bits per heavy atom. The second-order valence-electron chi connectivity index (χ2n) is 46.5. The van der Waals surface area contributed by atoms with E-state index in [0.717, 1.165) is 162 Å². The predicted octanol–water partition coefficient (Wildman–Crippen LogP) is 22.2. The van der Waals surface area contributed by atoms with Gasteiger partial charge in [0.05, 0.1) is 49.3 Å². The van der Waals surface area contributed by atoms with Crippen molar-refractivity contribution in [1.82, 2.24) is 20.9 Å². The van der Waals surface area contributed by atoms with E-state index in [-0.39, 0.29) is 42.6 Å². The molecule has 3 amide bonds. The van der Waals surface area contributed by atoms with E-state index < -0.39 is 0 Å². The maximum absolute atomic E-state index is 12.9. The molecule has 0 saturated carbocycles. The lowest BCUT2D eigenvalue weighted by Crippen LogP contribution is -2.67. The lowest BCUT2D eigenvalue weighted by Gasteiger charge is -2.25. The Bertz CT molecular complexity index is 2700. The second-order valence-corrected chi connectivity index (χ2v) is 46.5. The first kappa shape index (κ1) is 133. The number of amides is 3. The number of quaternary nitrogens is 7. The highest BCUT2D eigenvalue weighted by molar-refractivity contribution is 6.16. The molecule has 2 unspecified atom stereocenters. The van der Waals surface area contributed by atoms with Crippen molar-refractivity contribution in [3.05, 3.63) is 54.1 Å². The Hall–Kier alpha value is -3.80. The third-order valence-electron chi connectivity index (χ3n) is 21.5. The van der Waals surface area contributed by atoms with Gasteiger partial charge in [-0.15, -0.1) is 0 Å². The summed E-state index contributed by atoms with van der Waals surface area (Å²) >= 11 is 0. The highest BCUT2D eigenvalue weighted by atomic mass is 16.3. The fraction of sp³-hybridized carbons (Fsp3) is 0.849. The average molecular weight is 1720 g/mol. The van der Waals surface area contributed by atoms with Crippen LogP contribution in [0.1, 0.15) is 459 Å². The van der Waals surface area contributed by atoms with Crippen LogP contribution < -0.4 is 56.1 Å². The van der Waals surface area contributed by atoms with Crippen molar-refractivity contribution in [2.24, 2.45) is 66.0 Å². The van der Waals surface area contributed by atoms with Crippen molar-refractivity contribution in [2.75, 3.05) is 59.0 Å². The molecule has 0 spiro atoms. The molecule has 25 N–H and O–H groups in total.